The van der Waals surface area contributed by atoms with Crippen molar-refractivity contribution in [2.75, 3.05) is 0 Å². The van der Waals surface area contributed by atoms with E-state index in [4.69, 9.17) is 0 Å². The minimum Gasteiger partial charge on any atom is -0.390 e. The summed E-state index contributed by atoms with van der Waals surface area (Å²) in [7, 11) is 0. The van der Waals surface area contributed by atoms with Crippen molar-refractivity contribution in [2.45, 2.75) is 26.5 Å². The first-order valence-corrected chi connectivity index (χ1v) is 5.41. The van der Waals surface area contributed by atoms with Crippen LogP contribution in [0.4, 0.5) is 0 Å². The number of aryl methyl sites for hydroxylation is 1. The Labute approximate surface area is 95.4 Å². The van der Waals surface area contributed by atoms with E-state index in [2.05, 4.69) is 31.0 Å². The molecule has 1 aromatic heterocycles. The summed E-state index contributed by atoms with van der Waals surface area (Å²) in [4.78, 5) is 4.07. The Hall–Kier alpha value is -1.61. The average molecular weight is 216 g/mol. The maximum Gasteiger partial charge on any atom is 0.0954 e. The lowest BCUT2D eigenvalue weighted by Crippen LogP contribution is -2.10. The molecule has 3 heteroatoms. The molecule has 0 bridgehead atoms. The van der Waals surface area contributed by atoms with Gasteiger partial charge in [0.05, 0.1) is 30.9 Å². The minimum atomic E-state index is 0.0240. The number of hydrogen-bond acceptors (Lipinski definition) is 2. The monoisotopic (exact) mass is 216 g/mol. The summed E-state index contributed by atoms with van der Waals surface area (Å²) in [6.07, 6.45) is 3.47. The molecule has 0 saturated carbocycles. The number of rotatable bonds is 3. The fourth-order valence-electron chi connectivity index (χ4n) is 2.01. The van der Waals surface area contributed by atoms with Gasteiger partial charge in [0.25, 0.3) is 0 Å². The molecule has 84 valence electrons. The van der Waals surface area contributed by atoms with E-state index in [1.54, 1.807) is 12.5 Å². The van der Waals surface area contributed by atoms with Crippen molar-refractivity contribution in [1.29, 1.82) is 0 Å². The van der Waals surface area contributed by atoms with Gasteiger partial charge in [-0.2, -0.15) is 0 Å². The van der Waals surface area contributed by atoms with Gasteiger partial charge >= 0.3 is 0 Å². The Morgan fingerprint density at radius 1 is 1.38 bits per heavy atom. The van der Waals surface area contributed by atoms with Gasteiger partial charge in [-0.3, -0.25) is 0 Å². The number of aliphatic hydroxyl groups is 1. The Bertz CT molecular complexity index is 476. The quantitative estimate of drug-likeness (QED) is 0.854. The van der Waals surface area contributed by atoms with Crippen molar-refractivity contribution in [3.63, 3.8) is 0 Å². The number of hydrogen-bond donors (Lipinski definition) is 1. The number of aromatic nitrogens is 2. The third-order valence-electron chi connectivity index (χ3n) is 2.96. The van der Waals surface area contributed by atoms with E-state index in [9.17, 15) is 5.11 Å². The van der Waals surface area contributed by atoms with E-state index in [1.165, 1.54) is 11.1 Å². The molecule has 0 aliphatic heterocycles. The van der Waals surface area contributed by atoms with E-state index < -0.39 is 0 Å². The normalized spacial score (nSPS) is 12.7. The van der Waals surface area contributed by atoms with Crippen molar-refractivity contribution in [3.8, 4) is 0 Å². The van der Waals surface area contributed by atoms with Crippen LogP contribution in [0, 0.1) is 6.92 Å². The molecule has 1 atom stereocenters. The van der Waals surface area contributed by atoms with Gasteiger partial charge in [-0.05, 0) is 25.0 Å². The third kappa shape index (κ3) is 1.86. The Balaban J connectivity index is 2.39. The summed E-state index contributed by atoms with van der Waals surface area (Å²) in [6, 6.07) is 8.48. The van der Waals surface area contributed by atoms with Crippen LogP contribution in [0.3, 0.4) is 0 Å². The fourth-order valence-corrected chi connectivity index (χ4v) is 2.01. The molecule has 2 aromatic rings. The molecule has 1 N–H and O–H groups in total. The van der Waals surface area contributed by atoms with Crippen molar-refractivity contribution in [2.24, 2.45) is 0 Å². The minimum absolute atomic E-state index is 0.0240. The lowest BCUT2D eigenvalue weighted by atomic mass is 10.0. The second kappa shape index (κ2) is 4.49. The Morgan fingerprint density at radius 3 is 2.81 bits per heavy atom. The maximum atomic E-state index is 9.21. The zero-order chi connectivity index (χ0) is 11.5. The molecular weight excluding hydrogens is 200 g/mol. The molecule has 0 radical (unpaired) electrons. The summed E-state index contributed by atoms with van der Waals surface area (Å²) in [5.74, 6) is 0. The van der Waals surface area contributed by atoms with Crippen LogP contribution in [0.25, 0.3) is 0 Å². The average Bonchev–Trinajstić information content (AvgIpc) is 2.77. The molecule has 0 aliphatic carbocycles. The van der Waals surface area contributed by atoms with Crippen LogP contribution < -0.4 is 0 Å². The highest BCUT2D eigenvalue weighted by atomic mass is 16.3. The molecule has 0 spiro atoms. The first-order valence-electron chi connectivity index (χ1n) is 5.41. The van der Waals surface area contributed by atoms with Crippen LogP contribution in [0.2, 0.25) is 0 Å². The summed E-state index contributed by atoms with van der Waals surface area (Å²) < 4.78 is 2.00. The van der Waals surface area contributed by atoms with E-state index >= 15 is 0 Å². The number of benzene rings is 1. The van der Waals surface area contributed by atoms with Crippen LogP contribution in [0.1, 0.15) is 29.8 Å². The second-order valence-corrected chi connectivity index (χ2v) is 3.98. The first-order chi connectivity index (χ1) is 7.74. The van der Waals surface area contributed by atoms with E-state index in [-0.39, 0.29) is 12.6 Å². The summed E-state index contributed by atoms with van der Waals surface area (Å²) in [5.41, 5.74) is 3.36. The molecule has 0 saturated heterocycles. The van der Waals surface area contributed by atoms with Crippen LogP contribution in [-0.2, 0) is 6.61 Å². The molecule has 2 rings (SSSR count). The lowest BCUT2D eigenvalue weighted by Gasteiger charge is -2.18. The van der Waals surface area contributed by atoms with E-state index in [0.29, 0.717) is 0 Å². The Kier molecular flexibility index (Phi) is 3.06. The molecule has 0 aliphatic rings. The first kappa shape index (κ1) is 10.9. The predicted octanol–water partition coefficient (Wildman–Crippen LogP) is 2.29. The van der Waals surface area contributed by atoms with Gasteiger partial charge in [0.2, 0.25) is 0 Å². The molecule has 16 heavy (non-hydrogen) atoms. The van der Waals surface area contributed by atoms with Crippen molar-refractivity contribution in [3.05, 3.63) is 53.6 Å². The second-order valence-electron chi connectivity index (χ2n) is 3.98. The molecule has 0 amide bonds. The highest BCUT2D eigenvalue weighted by molar-refractivity contribution is 5.29. The fraction of sp³-hybridized carbons (Fsp3) is 0.308. The largest absolute Gasteiger partial charge is 0.390 e. The van der Waals surface area contributed by atoms with Gasteiger partial charge in [-0.15, -0.1) is 0 Å². The van der Waals surface area contributed by atoms with Crippen LogP contribution in [-0.4, -0.2) is 14.7 Å². The summed E-state index contributed by atoms with van der Waals surface area (Å²) in [5, 5.41) is 9.21. The maximum absolute atomic E-state index is 9.21. The van der Waals surface area contributed by atoms with Gasteiger partial charge < -0.3 is 9.67 Å². The van der Waals surface area contributed by atoms with Gasteiger partial charge in [-0.25, -0.2) is 4.98 Å². The van der Waals surface area contributed by atoms with Gasteiger partial charge in [-0.1, -0.05) is 24.3 Å². The highest BCUT2D eigenvalue weighted by Crippen LogP contribution is 2.22. The molecule has 1 heterocycles. The van der Waals surface area contributed by atoms with Gasteiger partial charge in [0.15, 0.2) is 0 Å². The third-order valence-corrected chi connectivity index (χ3v) is 2.96. The topological polar surface area (TPSA) is 38.0 Å². The standard InChI is InChI=1S/C13H16N2O/c1-10-5-3-4-6-13(10)11(2)15-9-14-7-12(15)8-16/h3-7,9,11,16H,8H2,1-2H3. The SMILES string of the molecule is Cc1ccccc1C(C)n1cncc1CO. The van der Waals surface area contributed by atoms with E-state index in [1.807, 2.05) is 16.7 Å². The molecule has 1 aromatic carbocycles. The molecule has 3 nitrogen and oxygen atoms in total. The molecular formula is C13H16N2O. The summed E-state index contributed by atoms with van der Waals surface area (Å²) >= 11 is 0. The predicted molar refractivity (Wildman–Crippen MR) is 63.1 cm³/mol. The molecule has 1 unspecified atom stereocenters. The smallest absolute Gasteiger partial charge is 0.0954 e. The van der Waals surface area contributed by atoms with Crippen molar-refractivity contribution in [1.82, 2.24) is 9.55 Å². The Morgan fingerprint density at radius 2 is 2.12 bits per heavy atom. The van der Waals surface area contributed by atoms with Crippen LogP contribution >= 0.6 is 0 Å². The van der Waals surface area contributed by atoms with Crippen molar-refractivity contribution < 1.29 is 5.11 Å². The lowest BCUT2D eigenvalue weighted by molar-refractivity contribution is 0.269. The summed E-state index contributed by atoms with van der Waals surface area (Å²) in [6.45, 7) is 4.24. The van der Waals surface area contributed by atoms with Crippen molar-refractivity contribution >= 4 is 0 Å². The van der Waals surface area contributed by atoms with Crippen LogP contribution in [0.5, 0.6) is 0 Å². The zero-order valence-corrected chi connectivity index (χ0v) is 9.59. The van der Waals surface area contributed by atoms with Gasteiger partial charge in [0, 0.05) is 0 Å². The number of imidazole rings is 1. The van der Waals surface area contributed by atoms with Crippen LogP contribution in [0.15, 0.2) is 36.8 Å². The van der Waals surface area contributed by atoms with E-state index in [0.717, 1.165) is 5.69 Å². The highest BCUT2D eigenvalue weighted by Gasteiger charge is 2.12. The molecule has 0 fully saturated rings. The number of aliphatic hydroxyl groups excluding tert-OH is 1. The zero-order valence-electron chi connectivity index (χ0n) is 9.59. The number of nitrogens with zero attached hydrogens (tertiary/aromatic N) is 2. The van der Waals surface area contributed by atoms with Gasteiger partial charge in [0.1, 0.15) is 0 Å².